The molecule has 0 radical (unpaired) electrons. The highest BCUT2D eigenvalue weighted by Gasteiger charge is 2.34. The Balaban J connectivity index is 1.26. The van der Waals surface area contributed by atoms with Crippen molar-refractivity contribution >= 4 is 40.6 Å². The largest absolute Gasteiger partial charge is 0.497 e. The predicted octanol–water partition coefficient (Wildman–Crippen LogP) is 6.36. The molecule has 0 fully saturated rings. The minimum atomic E-state index is -0.291. The van der Waals surface area contributed by atoms with Crippen LogP contribution in [0.25, 0.3) is 5.69 Å². The Bertz CT molecular complexity index is 1920. The minimum absolute atomic E-state index is 0.0877. The van der Waals surface area contributed by atoms with Gasteiger partial charge in [-0.1, -0.05) is 54.2 Å². The molecule has 3 heterocycles. The molecule has 6 rings (SSSR count). The standard InChI is InChI=1S/C35H34N6O4S2/c1-22-9-7-11-28(23(22)2)40-32(20-36-34(43)26-10-5-6-12-30(26)45-4)37-38-35(40)47-21-33(42)41-29(24-14-16-25(44-3)17-15-24)19-27(39-41)31-13-8-18-46-31/h5-18,29H,19-21H2,1-4H3,(H,36,43)/t29-/m1/s1. The van der Waals surface area contributed by atoms with Gasteiger partial charge in [-0.2, -0.15) is 5.10 Å². The highest BCUT2D eigenvalue weighted by atomic mass is 32.2. The van der Waals surface area contributed by atoms with Gasteiger partial charge >= 0.3 is 0 Å². The first-order chi connectivity index (χ1) is 22.9. The molecule has 2 aromatic heterocycles. The van der Waals surface area contributed by atoms with Crippen LogP contribution in [0.1, 0.15) is 50.2 Å². The predicted molar refractivity (Wildman–Crippen MR) is 184 cm³/mol. The van der Waals surface area contributed by atoms with Crippen molar-refractivity contribution in [3.63, 3.8) is 0 Å². The van der Waals surface area contributed by atoms with Gasteiger partial charge in [-0.25, -0.2) is 5.01 Å². The van der Waals surface area contributed by atoms with E-state index in [1.54, 1.807) is 41.7 Å². The second-order valence-electron chi connectivity index (χ2n) is 10.9. The van der Waals surface area contributed by atoms with E-state index in [0.29, 0.717) is 28.7 Å². The lowest BCUT2D eigenvalue weighted by molar-refractivity contribution is -0.130. The van der Waals surface area contributed by atoms with Gasteiger partial charge < -0.3 is 14.8 Å². The Hall–Kier alpha value is -4.94. The number of hydrogen-bond acceptors (Lipinski definition) is 9. The number of nitrogens with zero attached hydrogens (tertiary/aromatic N) is 5. The van der Waals surface area contributed by atoms with Crippen molar-refractivity contribution in [1.82, 2.24) is 25.1 Å². The normalized spacial score (nSPS) is 14.2. The topological polar surface area (TPSA) is 111 Å². The van der Waals surface area contributed by atoms with Gasteiger partial charge in [0, 0.05) is 6.42 Å². The molecule has 1 aliphatic heterocycles. The van der Waals surface area contributed by atoms with Gasteiger partial charge in [-0.3, -0.25) is 14.2 Å². The summed E-state index contributed by atoms with van der Waals surface area (Å²) in [6.07, 6.45) is 0.609. The fourth-order valence-corrected chi connectivity index (χ4v) is 6.96. The number of amides is 2. The third kappa shape index (κ3) is 6.79. The summed E-state index contributed by atoms with van der Waals surface area (Å²) in [6.45, 7) is 4.19. The van der Waals surface area contributed by atoms with E-state index in [2.05, 4.69) is 15.5 Å². The molecule has 0 saturated heterocycles. The van der Waals surface area contributed by atoms with Crippen molar-refractivity contribution in [3.8, 4) is 17.2 Å². The van der Waals surface area contributed by atoms with Crippen LogP contribution in [0.15, 0.2) is 94.5 Å². The summed E-state index contributed by atoms with van der Waals surface area (Å²) < 4.78 is 12.6. The number of aryl methyl sites for hydroxylation is 1. The zero-order chi connectivity index (χ0) is 32.9. The summed E-state index contributed by atoms with van der Waals surface area (Å²) in [5.74, 6) is 1.41. The van der Waals surface area contributed by atoms with Crippen LogP contribution in [0.5, 0.6) is 11.5 Å². The van der Waals surface area contributed by atoms with Crippen LogP contribution in [-0.2, 0) is 11.3 Å². The number of hydrogen-bond donors (Lipinski definition) is 1. The molecule has 3 aromatic carbocycles. The Kier molecular flexibility index (Phi) is 9.69. The number of thiophene rings is 1. The van der Waals surface area contributed by atoms with Gasteiger partial charge in [-0.15, -0.1) is 21.5 Å². The van der Waals surface area contributed by atoms with Gasteiger partial charge in [0.25, 0.3) is 11.8 Å². The summed E-state index contributed by atoms with van der Waals surface area (Å²) in [7, 11) is 3.16. The first kappa shape index (κ1) is 32.0. The molecule has 240 valence electrons. The number of thioether (sulfide) groups is 1. The van der Waals surface area contributed by atoms with Crippen molar-refractivity contribution in [2.75, 3.05) is 20.0 Å². The number of nitrogens with one attached hydrogen (secondary N) is 1. The fraction of sp³-hybridized carbons (Fsp3) is 0.229. The van der Waals surface area contributed by atoms with Crippen LogP contribution >= 0.6 is 23.1 Å². The molecule has 1 aliphatic rings. The van der Waals surface area contributed by atoms with Gasteiger partial charge in [0.2, 0.25) is 0 Å². The van der Waals surface area contributed by atoms with Crippen LogP contribution in [0.4, 0.5) is 0 Å². The third-order valence-electron chi connectivity index (χ3n) is 8.07. The van der Waals surface area contributed by atoms with Crippen molar-refractivity contribution in [1.29, 1.82) is 0 Å². The lowest BCUT2D eigenvalue weighted by atomic mass is 10.0. The fourth-order valence-electron chi connectivity index (χ4n) is 5.42. The maximum atomic E-state index is 13.9. The van der Waals surface area contributed by atoms with Crippen molar-refractivity contribution in [2.24, 2.45) is 5.10 Å². The van der Waals surface area contributed by atoms with Gasteiger partial charge in [-0.05, 0) is 72.3 Å². The van der Waals surface area contributed by atoms with Crippen LogP contribution in [-0.4, -0.2) is 57.3 Å². The molecular weight excluding hydrogens is 633 g/mol. The number of hydrazone groups is 1. The Morgan fingerprint density at radius 1 is 0.957 bits per heavy atom. The quantitative estimate of drug-likeness (QED) is 0.163. The van der Waals surface area contributed by atoms with E-state index in [4.69, 9.17) is 14.6 Å². The van der Waals surface area contributed by atoms with Gasteiger partial charge in [0.15, 0.2) is 11.0 Å². The van der Waals surface area contributed by atoms with E-state index in [9.17, 15) is 9.59 Å². The molecule has 47 heavy (non-hydrogen) atoms. The van der Waals surface area contributed by atoms with Crippen LogP contribution in [0, 0.1) is 13.8 Å². The maximum absolute atomic E-state index is 13.9. The van der Waals surface area contributed by atoms with E-state index in [1.165, 1.54) is 18.9 Å². The van der Waals surface area contributed by atoms with Crippen LogP contribution in [0.2, 0.25) is 0 Å². The second kappa shape index (κ2) is 14.2. The van der Waals surface area contributed by atoms with Crippen LogP contribution < -0.4 is 14.8 Å². The number of methoxy groups -OCH3 is 2. The SMILES string of the molecule is COc1ccc([C@H]2CC(c3cccs3)=NN2C(=O)CSc2nnc(CNC(=O)c3ccccc3OC)n2-c2cccc(C)c2C)cc1. The molecule has 0 aliphatic carbocycles. The maximum Gasteiger partial charge on any atom is 0.255 e. The molecule has 5 aromatic rings. The Labute approximate surface area is 281 Å². The average molecular weight is 667 g/mol. The minimum Gasteiger partial charge on any atom is -0.497 e. The van der Waals surface area contributed by atoms with Crippen LogP contribution in [0.3, 0.4) is 0 Å². The van der Waals surface area contributed by atoms with Gasteiger partial charge in [0.1, 0.15) is 11.5 Å². The number of carbonyl (C=O) groups excluding carboxylic acids is 2. The molecule has 0 saturated carbocycles. The first-order valence-electron chi connectivity index (χ1n) is 15.0. The summed E-state index contributed by atoms with van der Waals surface area (Å²) in [4.78, 5) is 28.0. The molecular formula is C35H34N6O4S2. The molecule has 0 bridgehead atoms. The van der Waals surface area contributed by atoms with E-state index in [1.807, 2.05) is 84.5 Å². The molecule has 1 atom stereocenters. The second-order valence-corrected chi connectivity index (χ2v) is 12.8. The van der Waals surface area contributed by atoms with E-state index < -0.39 is 0 Å². The highest BCUT2D eigenvalue weighted by molar-refractivity contribution is 7.99. The van der Waals surface area contributed by atoms with Gasteiger partial charge in [0.05, 0.1) is 54.4 Å². The molecule has 12 heteroatoms. The summed E-state index contributed by atoms with van der Waals surface area (Å²) in [5, 5.41) is 20.8. The highest BCUT2D eigenvalue weighted by Crippen LogP contribution is 2.36. The number of benzene rings is 3. The molecule has 0 unspecified atom stereocenters. The lowest BCUT2D eigenvalue weighted by Gasteiger charge is -2.22. The Morgan fingerprint density at radius 3 is 2.51 bits per heavy atom. The van der Waals surface area contributed by atoms with Crippen molar-refractivity contribution in [3.05, 3.63) is 117 Å². The lowest BCUT2D eigenvalue weighted by Crippen LogP contribution is -2.28. The zero-order valence-electron chi connectivity index (χ0n) is 26.5. The number of para-hydroxylation sites is 1. The monoisotopic (exact) mass is 666 g/mol. The smallest absolute Gasteiger partial charge is 0.255 e. The Morgan fingerprint density at radius 2 is 1.77 bits per heavy atom. The average Bonchev–Trinajstić information content (AvgIpc) is 3.88. The van der Waals surface area contributed by atoms with Crippen molar-refractivity contribution < 1.29 is 19.1 Å². The number of aromatic nitrogens is 3. The molecule has 0 spiro atoms. The molecule has 1 N–H and O–H groups in total. The summed E-state index contributed by atoms with van der Waals surface area (Å²) in [5.41, 5.74) is 5.30. The molecule has 10 nitrogen and oxygen atoms in total. The number of rotatable bonds is 11. The third-order valence-corrected chi connectivity index (χ3v) is 9.91. The summed E-state index contributed by atoms with van der Waals surface area (Å²) >= 11 is 2.90. The number of ether oxygens (including phenoxy) is 2. The van der Waals surface area contributed by atoms with Crippen molar-refractivity contribution in [2.45, 2.75) is 38.0 Å². The summed E-state index contributed by atoms with van der Waals surface area (Å²) in [6, 6.07) is 24.6. The number of carbonyl (C=O) groups is 2. The van der Waals surface area contributed by atoms with E-state index in [-0.39, 0.29) is 30.2 Å². The molecule has 2 amide bonds. The first-order valence-corrected chi connectivity index (χ1v) is 16.9. The zero-order valence-corrected chi connectivity index (χ0v) is 28.1. The van der Waals surface area contributed by atoms with E-state index in [0.717, 1.165) is 38.7 Å². The van der Waals surface area contributed by atoms with E-state index >= 15 is 0 Å².